The number of aryl methyl sites for hydroxylation is 1. The van der Waals surface area contributed by atoms with E-state index in [1.807, 2.05) is 6.07 Å². The second-order valence-electron chi connectivity index (χ2n) is 4.89. The Bertz CT molecular complexity index is 572. The molecule has 0 aliphatic rings. The Morgan fingerprint density at radius 2 is 2.10 bits per heavy atom. The van der Waals surface area contributed by atoms with E-state index < -0.39 is 11.6 Å². The Labute approximate surface area is 136 Å². The largest absolute Gasteiger partial charge is 0.310 e. The van der Waals surface area contributed by atoms with Crippen molar-refractivity contribution in [3.05, 3.63) is 56.2 Å². The van der Waals surface area contributed by atoms with Gasteiger partial charge in [-0.2, -0.15) is 0 Å². The minimum absolute atomic E-state index is 0.0107. The summed E-state index contributed by atoms with van der Waals surface area (Å²) in [6.07, 6.45) is 2.77. The van der Waals surface area contributed by atoms with Gasteiger partial charge in [0, 0.05) is 10.9 Å². The van der Waals surface area contributed by atoms with Gasteiger partial charge >= 0.3 is 0 Å². The van der Waals surface area contributed by atoms with Crippen LogP contribution >= 0.6 is 27.3 Å². The van der Waals surface area contributed by atoms with Crippen LogP contribution in [0.1, 0.15) is 36.2 Å². The van der Waals surface area contributed by atoms with Crippen molar-refractivity contribution in [3.63, 3.8) is 0 Å². The highest BCUT2D eigenvalue weighted by Gasteiger charge is 2.18. The summed E-state index contributed by atoms with van der Waals surface area (Å²) in [4.78, 5) is 1.30. The maximum Gasteiger partial charge on any atom is 0.173 e. The van der Waals surface area contributed by atoms with Gasteiger partial charge in [-0.25, -0.2) is 8.78 Å². The van der Waals surface area contributed by atoms with E-state index in [1.165, 1.54) is 10.9 Å². The fourth-order valence-electron chi connectivity index (χ4n) is 2.24. The monoisotopic (exact) mass is 373 g/mol. The van der Waals surface area contributed by atoms with Gasteiger partial charge in [-0.15, -0.1) is 11.3 Å². The highest BCUT2D eigenvalue weighted by atomic mass is 79.9. The number of hydrogen-bond donors (Lipinski definition) is 1. The number of rotatable bonds is 7. The molecule has 1 aromatic heterocycles. The fourth-order valence-corrected chi connectivity index (χ4v) is 3.56. The lowest BCUT2D eigenvalue weighted by Gasteiger charge is -2.20. The molecule has 1 atom stereocenters. The molecule has 21 heavy (non-hydrogen) atoms. The molecule has 0 radical (unpaired) electrons. The summed E-state index contributed by atoms with van der Waals surface area (Å²) in [5.41, 5.74) is 0.777. The van der Waals surface area contributed by atoms with Crippen LogP contribution in [0.3, 0.4) is 0 Å². The molecule has 5 heteroatoms. The Hall–Kier alpha value is -0.780. The summed E-state index contributed by atoms with van der Waals surface area (Å²) in [5, 5.41) is 5.47. The molecular formula is C16H18BrF2NS. The highest BCUT2D eigenvalue weighted by molar-refractivity contribution is 9.10. The van der Waals surface area contributed by atoms with Crippen molar-refractivity contribution in [3.8, 4) is 0 Å². The molecule has 114 valence electrons. The summed E-state index contributed by atoms with van der Waals surface area (Å²) >= 11 is 4.91. The van der Waals surface area contributed by atoms with Gasteiger partial charge in [0.1, 0.15) is 0 Å². The molecule has 0 saturated carbocycles. The molecule has 1 aromatic carbocycles. The van der Waals surface area contributed by atoms with Gasteiger partial charge in [-0.05, 0) is 64.8 Å². The van der Waals surface area contributed by atoms with E-state index in [9.17, 15) is 8.78 Å². The average Bonchev–Trinajstić information content (AvgIpc) is 2.99. The molecule has 1 unspecified atom stereocenters. The summed E-state index contributed by atoms with van der Waals surface area (Å²) in [6.45, 7) is 2.93. The third-order valence-electron chi connectivity index (χ3n) is 3.34. The van der Waals surface area contributed by atoms with Crippen molar-refractivity contribution in [2.75, 3.05) is 6.54 Å². The standard InChI is InChI=1S/C16H18BrF2NS/c1-2-9-20-14(8-5-11-4-3-10-21-11)12-6-7-13(18)16(19)15(12)17/h3-4,6-7,10,14,20H,2,5,8-9H2,1H3. The predicted octanol–water partition coefficient (Wildman–Crippen LogP) is 5.46. The molecule has 2 aromatic rings. The first kappa shape index (κ1) is 16.6. The molecule has 0 saturated heterocycles. The third-order valence-corrected chi connectivity index (χ3v) is 5.08. The maximum atomic E-state index is 13.7. The number of benzene rings is 1. The number of nitrogens with one attached hydrogen (secondary N) is 1. The van der Waals surface area contributed by atoms with Crippen molar-refractivity contribution in [2.45, 2.75) is 32.2 Å². The van der Waals surface area contributed by atoms with Crippen molar-refractivity contribution >= 4 is 27.3 Å². The number of halogens is 3. The zero-order valence-electron chi connectivity index (χ0n) is 11.8. The quantitative estimate of drug-likeness (QED) is 0.635. The lowest BCUT2D eigenvalue weighted by molar-refractivity contribution is 0.476. The number of thiophene rings is 1. The van der Waals surface area contributed by atoms with Crippen LogP contribution in [0.2, 0.25) is 0 Å². The average molecular weight is 374 g/mol. The molecule has 0 amide bonds. The molecule has 2 rings (SSSR count). The Kier molecular flexibility index (Phi) is 6.33. The molecule has 0 aliphatic carbocycles. The van der Waals surface area contributed by atoms with Gasteiger partial charge < -0.3 is 5.32 Å². The topological polar surface area (TPSA) is 12.0 Å². The summed E-state index contributed by atoms with van der Waals surface area (Å²) in [5.74, 6) is -1.63. The van der Waals surface area contributed by atoms with Crippen LogP contribution < -0.4 is 5.32 Å². The molecule has 1 nitrogen and oxygen atoms in total. The van der Waals surface area contributed by atoms with Gasteiger partial charge in [0.2, 0.25) is 0 Å². The molecule has 1 N–H and O–H groups in total. The smallest absolute Gasteiger partial charge is 0.173 e. The predicted molar refractivity (Wildman–Crippen MR) is 87.7 cm³/mol. The van der Waals surface area contributed by atoms with Gasteiger partial charge in [0.25, 0.3) is 0 Å². The Morgan fingerprint density at radius 1 is 1.29 bits per heavy atom. The van der Waals surface area contributed by atoms with Crippen molar-refractivity contribution in [1.29, 1.82) is 0 Å². The van der Waals surface area contributed by atoms with Crippen LogP contribution in [0, 0.1) is 11.6 Å². The normalized spacial score (nSPS) is 12.6. The lowest BCUT2D eigenvalue weighted by Crippen LogP contribution is -2.23. The Balaban J connectivity index is 2.16. The van der Waals surface area contributed by atoms with E-state index in [2.05, 4.69) is 39.6 Å². The van der Waals surface area contributed by atoms with E-state index in [-0.39, 0.29) is 10.5 Å². The summed E-state index contributed by atoms with van der Waals surface area (Å²) < 4.78 is 27.2. The van der Waals surface area contributed by atoms with Crippen molar-refractivity contribution in [2.24, 2.45) is 0 Å². The first-order valence-corrected chi connectivity index (χ1v) is 8.70. The lowest BCUT2D eigenvalue weighted by atomic mass is 10.0. The van der Waals surface area contributed by atoms with Crippen LogP contribution in [0.15, 0.2) is 34.1 Å². The van der Waals surface area contributed by atoms with E-state index in [0.29, 0.717) is 0 Å². The molecule has 0 aliphatic heterocycles. The molecular weight excluding hydrogens is 356 g/mol. The zero-order chi connectivity index (χ0) is 15.2. The molecule has 0 spiro atoms. The molecule has 0 bridgehead atoms. The van der Waals surface area contributed by atoms with Crippen LogP contribution in [0.5, 0.6) is 0 Å². The first-order chi connectivity index (χ1) is 10.1. The second kappa shape index (κ2) is 8.01. The van der Waals surface area contributed by atoms with Gasteiger partial charge in [-0.1, -0.05) is 19.1 Å². The van der Waals surface area contributed by atoms with E-state index >= 15 is 0 Å². The number of hydrogen-bond acceptors (Lipinski definition) is 2. The van der Waals surface area contributed by atoms with Crippen LogP contribution in [-0.2, 0) is 6.42 Å². The third kappa shape index (κ3) is 4.34. The van der Waals surface area contributed by atoms with Crippen molar-refractivity contribution < 1.29 is 8.78 Å². The van der Waals surface area contributed by atoms with Crippen LogP contribution in [0.4, 0.5) is 8.78 Å². The van der Waals surface area contributed by atoms with Gasteiger partial charge in [-0.3, -0.25) is 0 Å². The van der Waals surface area contributed by atoms with E-state index in [4.69, 9.17) is 0 Å². The minimum atomic E-state index is -0.821. The van der Waals surface area contributed by atoms with Crippen LogP contribution in [-0.4, -0.2) is 6.54 Å². The van der Waals surface area contributed by atoms with E-state index in [1.54, 1.807) is 17.4 Å². The SMILES string of the molecule is CCCNC(CCc1cccs1)c1ccc(F)c(F)c1Br. The highest BCUT2D eigenvalue weighted by Crippen LogP contribution is 2.30. The second-order valence-corrected chi connectivity index (χ2v) is 6.71. The first-order valence-electron chi connectivity index (χ1n) is 7.02. The van der Waals surface area contributed by atoms with Gasteiger partial charge in [0.15, 0.2) is 11.6 Å². The summed E-state index contributed by atoms with van der Waals surface area (Å²) in [7, 11) is 0. The zero-order valence-corrected chi connectivity index (χ0v) is 14.2. The minimum Gasteiger partial charge on any atom is -0.310 e. The van der Waals surface area contributed by atoms with Crippen LogP contribution in [0.25, 0.3) is 0 Å². The van der Waals surface area contributed by atoms with Gasteiger partial charge in [0.05, 0.1) is 4.47 Å². The fraction of sp³-hybridized carbons (Fsp3) is 0.375. The Morgan fingerprint density at radius 3 is 2.76 bits per heavy atom. The van der Waals surface area contributed by atoms with E-state index in [0.717, 1.165) is 31.4 Å². The van der Waals surface area contributed by atoms with Crippen molar-refractivity contribution in [1.82, 2.24) is 5.32 Å². The molecule has 0 fully saturated rings. The molecule has 1 heterocycles. The summed E-state index contributed by atoms with van der Waals surface area (Å²) in [6, 6.07) is 6.99. The maximum absolute atomic E-state index is 13.7.